The van der Waals surface area contributed by atoms with Crippen LogP contribution in [0.3, 0.4) is 0 Å². The largest absolute Gasteiger partial charge is 0.356 e. The summed E-state index contributed by atoms with van der Waals surface area (Å²) in [6, 6.07) is 25.7. The molecule has 0 aliphatic carbocycles. The normalized spacial score (nSPS) is 10.0. The van der Waals surface area contributed by atoms with Crippen LogP contribution in [0.4, 0.5) is 28.4 Å². The minimum Gasteiger partial charge on any atom is -0.356 e. The Balaban J connectivity index is 1.60. The van der Waals surface area contributed by atoms with Crippen molar-refractivity contribution in [2.75, 3.05) is 16.0 Å². The average Bonchev–Trinajstić information content (AvgIpc) is 2.66. The third-order valence-corrected chi connectivity index (χ3v) is 3.77. The van der Waals surface area contributed by atoms with E-state index in [1.165, 1.54) is 0 Å². The molecule has 1 amide bonds. The molecular formula is C22H21N3O. The number of carbonyl (C=O) groups is 1. The van der Waals surface area contributed by atoms with E-state index >= 15 is 0 Å². The lowest BCUT2D eigenvalue weighted by atomic mass is 10.2. The SMILES string of the molecule is C=C(C)C(=O)Nc1ccc(Nc2ccc(Nc3ccccc3)cc2)cc1. The summed E-state index contributed by atoms with van der Waals surface area (Å²) in [5.41, 5.74) is 5.24. The lowest BCUT2D eigenvalue weighted by molar-refractivity contribution is -0.112. The van der Waals surface area contributed by atoms with Crippen LogP contribution < -0.4 is 16.0 Å². The molecule has 0 bridgehead atoms. The highest BCUT2D eigenvalue weighted by Gasteiger charge is 2.02. The molecule has 0 aliphatic heterocycles. The molecule has 0 saturated heterocycles. The third-order valence-electron chi connectivity index (χ3n) is 3.77. The van der Waals surface area contributed by atoms with Crippen molar-refractivity contribution in [1.82, 2.24) is 0 Å². The van der Waals surface area contributed by atoms with Gasteiger partial charge in [-0.3, -0.25) is 4.79 Å². The summed E-state index contributed by atoms with van der Waals surface area (Å²) in [7, 11) is 0. The van der Waals surface area contributed by atoms with Gasteiger partial charge >= 0.3 is 0 Å². The fourth-order valence-electron chi connectivity index (χ4n) is 2.37. The summed E-state index contributed by atoms with van der Waals surface area (Å²) >= 11 is 0. The number of para-hydroxylation sites is 1. The van der Waals surface area contributed by atoms with Gasteiger partial charge in [0.1, 0.15) is 0 Å². The van der Waals surface area contributed by atoms with E-state index in [0.29, 0.717) is 5.57 Å². The summed E-state index contributed by atoms with van der Waals surface area (Å²) in [6.07, 6.45) is 0. The Hall–Kier alpha value is -3.53. The molecule has 0 fully saturated rings. The molecule has 0 atom stereocenters. The molecule has 3 N–H and O–H groups in total. The number of amides is 1. The van der Waals surface area contributed by atoms with E-state index in [0.717, 1.165) is 28.4 Å². The zero-order valence-electron chi connectivity index (χ0n) is 14.6. The lowest BCUT2D eigenvalue weighted by Gasteiger charge is -2.10. The van der Waals surface area contributed by atoms with Crippen LogP contribution >= 0.6 is 0 Å². The second-order valence-electron chi connectivity index (χ2n) is 6.01. The van der Waals surface area contributed by atoms with Crippen LogP contribution in [-0.2, 0) is 4.79 Å². The molecule has 0 aromatic heterocycles. The fourth-order valence-corrected chi connectivity index (χ4v) is 2.37. The van der Waals surface area contributed by atoms with E-state index in [-0.39, 0.29) is 5.91 Å². The zero-order valence-corrected chi connectivity index (χ0v) is 14.6. The smallest absolute Gasteiger partial charge is 0.250 e. The van der Waals surface area contributed by atoms with Crippen molar-refractivity contribution in [3.05, 3.63) is 91.0 Å². The molecule has 0 radical (unpaired) electrons. The van der Waals surface area contributed by atoms with Crippen molar-refractivity contribution in [2.45, 2.75) is 6.92 Å². The van der Waals surface area contributed by atoms with Crippen molar-refractivity contribution < 1.29 is 4.79 Å². The molecule has 4 heteroatoms. The van der Waals surface area contributed by atoms with Crippen LogP contribution in [0, 0.1) is 0 Å². The van der Waals surface area contributed by atoms with Crippen molar-refractivity contribution in [1.29, 1.82) is 0 Å². The number of hydrogen-bond donors (Lipinski definition) is 3. The second-order valence-corrected chi connectivity index (χ2v) is 6.01. The number of anilines is 5. The first-order valence-corrected chi connectivity index (χ1v) is 8.36. The maximum atomic E-state index is 11.6. The predicted molar refractivity (Wildman–Crippen MR) is 109 cm³/mol. The molecule has 4 nitrogen and oxygen atoms in total. The molecule has 3 rings (SSSR count). The third kappa shape index (κ3) is 4.74. The number of carbonyl (C=O) groups excluding carboxylic acids is 1. The average molecular weight is 343 g/mol. The van der Waals surface area contributed by atoms with Gasteiger partial charge in [0.2, 0.25) is 0 Å². The lowest BCUT2D eigenvalue weighted by Crippen LogP contribution is -2.11. The van der Waals surface area contributed by atoms with E-state index in [1.807, 2.05) is 78.9 Å². The highest BCUT2D eigenvalue weighted by molar-refractivity contribution is 6.02. The van der Waals surface area contributed by atoms with Crippen LogP contribution in [0.5, 0.6) is 0 Å². The molecule has 0 saturated carbocycles. The Morgan fingerprint density at radius 2 is 1.04 bits per heavy atom. The molecular weight excluding hydrogens is 322 g/mol. The summed E-state index contributed by atoms with van der Waals surface area (Å²) in [5.74, 6) is -0.174. The summed E-state index contributed by atoms with van der Waals surface area (Å²) < 4.78 is 0. The van der Waals surface area contributed by atoms with Crippen molar-refractivity contribution in [2.24, 2.45) is 0 Å². The minimum absolute atomic E-state index is 0.174. The summed E-state index contributed by atoms with van der Waals surface area (Å²) in [6.45, 7) is 5.31. The van der Waals surface area contributed by atoms with Gasteiger partial charge in [0.05, 0.1) is 0 Å². The van der Waals surface area contributed by atoms with Crippen LogP contribution in [0.1, 0.15) is 6.92 Å². The van der Waals surface area contributed by atoms with E-state index in [2.05, 4.69) is 22.5 Å². The van der Waals surface area contributed by atoms with E-state index in [9.17, 15) is 4.79 Å². The number of benzene rings is 3. The Kier molecular flexibility index (Phi) is 5.34. The van der Waals surface area contributed by atoms with Gasteiger partial charge in [0.25, 0.3) is 5.91 Å². The van der Waals surface area contributed by atoms with Crippen LogP contribution in [0.2, 0.25) is 0 Å². The van der Waals surface area contributed by atoms with E-state index in [1.54, 1.807) is 6.92 Å². The Morgan fingerprint density at radius 3 is 1.46 bits per heavy atom. The maximum Gasteiger partial charge on any atom is 0.250 e. The van der Waals surface area contributed by atoms with Crippen LogP contribution in [0.15, 0.2) is 91.0 Å². The van der Waals surface area contributed by atoms with Gasteiger partial charge in [0, 0.05) is 34.0 Å². The standard InChI is InChI=1S/C22H21N3O/c1-16(2)22(26)25-21-14-12-20(13-15-21)24-19-10-8-18(9-11-19)23-17-6-4-3-5-7-17/h3-15,23-24H,1H2,2H3,(H,25,26). The maximum absolute atomic E-state index is 11.6. The monoisotopic (exact) mass is 343 g/mol. The van der Waals surface area contributed by atoms with Crippen molar-refractivity contribution in [3.63, 3.8) is 0 Å². The highest BCUT2D eigenvalue weighted by Crippen LogP contribution is 2.22. The van der Waals surface area contributed by atoms with E-state index in [4.69, 9.17) is 0 Å². The van der Waals surface area contributed by atoms with Gasteiger partial charge in [-0.15, -0.1) is 0 Å². The Morgan fingerprint density at radius 1 is 0.654 bits per heavy atom. The molecule has 0 spiro atoms. The summed E-state index contributed by atoms with van der Waals surface area (Å²) in [5, 5.41) is 9.48. The van der Waals surface area contributed by atoms with Gasteiger partial charge in [0.15, 0.2) is 0 Å². The second kappa shape index (κ2) is 8.03. The first kappa shape index (κ1) is 17.3. The Labute approximate surface area is 153 Å². The van der Waals surface area contributed by atoms with Gasteiger partial charge in [-0.2, -0.15) is 0 Å². The quantitative estimate of drug-likeness (QED) is 0.504. The number of nitrogens with one attached hydrogen (secondary N) is 3. The first-order chi connectivity index (χ1) is 12.6. The van der Waals surface area contributed by atoms with Gasteiger partial charge in [-0.1, -0.05) is 24.8 Å². The summed E-state index contributed by atoms with van der Waals surface area (Å²) in [4.78, 5) is 11.6. The molecule has 0 unspecified atom stereocenters. The molecule has 0 aliphatic rings. The van der Waals surface area contributed by atoms with Gasteiger partial charge in [-0.05, 0) is 67.6 Å². The molecule has 0 heterocycles. The molecule has 3 aromatic carbocycles. The first-order valence-electron chi connectivity index (χ1n) is 8.36. The molecule has 26 heavy (non-hydrogen) atoms. The highest BCUT2D eigenvalue weighted by atomic mass is 16.1. The minimum atomic E-state index is -0.174. The van der Waals surface area contributed by atoms with Crippen molar-refractivity contribution >= 4 is 34.3 Å². The van der Waals surface area contributed by atoms with Gasteiger partial charge < -0.3 is 16.0 Å². The predicted octanol–water partition coefficient (Wildman–Crippen LogP) is 5.69. The van der Waals surface area contributed by atoms with Gasteiger partial charge in [-0.25, -0.2) is 0 Å². The fraction of sp³-hybridized carbons (Fsp3) is 0.0455. The van der Waals surface area contributed by atoms with Crippen LogP contribution in [0.25, 0.3) is 0 Å². The zero-order chi connectivity index (χ0) is 18.4. The Bertz CT molecular complexity index is 885. The topological polar surface area (TPSA) is 53.2 Å². The molecule has 3 aromatic rings. The van der Waals surface area contributed by atoms with Crippen LogP contribution in [-0.4, -0.2) is 5.91 Å². The number of rotatable bonds is 6. The molecule has 130 valence electrons. The van der Waals surface area contributed by atoms with Crippen molar-refractivity contribution in [3.8, 4) is 0 Å². The van der Waals surface area contributed by atoms with E-state index < -0.39 is 0 Å². The number of hydrogen-bond acceptors (Lipinski definition) is 3.